The van der Waals surface area contributed by atoms with Crippen molar-refractivity contribution in [2.45, 2.75) is 43.8 Å². The number of hydrogen-bond donors (Lipinski definition) is 2. The number of carbonyl (C=O) groups is 1. The van der Waals surface area contributed by atoms with Crippen LogP contribution >= 0.6 is 11.8 Å². The van der Waals surface area contributed by atoms with Crippen molar-refractivity contribution in [3.63, 3.8) is 0 Å². The molecule has 1 aromatic heterocycles. The summed E-state index contributed by atoms with van der Waals surface area (Å²) in [6, 6.07) is 7.62. The highest BCUT2D eigenvalue weighted by Gasteiger charge is 2.26. The summed E-state index contributed by atoms with van der Waals surface area (Å²) < 4.78 is 0. The molecule has 2 N–H and O–H groups in total. The van der Waals surface area contributed by atoms with E-state index in [0.29, 0.717) is 16.9 Å². The Kier molecular flexibility index (Phi) is 5.00. The minimum absolute atomic E-state index is 0.0130. The van der Waals surface area contributed by atoms with Crippen LogP contribution in [0.4, 0.5) is 0 Å². The summed E-state index contributed by atoms with van der Waals surface area (Å²) in [4.78, 5) is 16.7. The Hall–Kier alpha value is -2.01. The van der Waals surface area contributed by atoms with Crippen molar-refractivity contribution in [3.8, 4) is 5.75 Å². The molecule has 0 unspecified atom stereocenters. The molecule has 1 aromatic carbocycles. The fraction of sp³-hybridized carbons (Fsp3) is 0.333. The number of phenols is 1. The largest absolute Gasteiger partial charge is 0.507 e. The van der Waals surface area contributed by atoms with Crippen LogP contribution in [0.15, 0.2) is 35.4 Å². The quantitative estimate of drug-likeness (QED) is 0.813. The molecule has 0 atom stereocenters. The Bertz CT molecular complexity index is 721. The maximum absolute atomic E-state index is 11.6. The molecule has 23 heavy (non-hydrogen) atoms. The van der Waals surface area contributed by atoms with Crippen LogP contribution in [0, 0.1) is 6.92 Å². The lowest BCUT2D eigenvalue weighted by Crippen LogP contribution is -2.15. The van der Waals surface area contributed by atoms with Crippen molar-refractivity contribution in [2.75, 3.05) is 0 Å². The molecular weight excluding hydrogens is 310 g/mol. The second kappa shape index (κ2) is 6.62. The van der Waals surface area contributed by atoms with Gasteiger partial charge in [-0.2, -0.15) is 0 Å². The molecule has 1 heterocycles. The van der Waals surface area contributed by atoms with Gasteiger partial charge < -0.3 is 10.2 Å². The van der Waals surface area contributed by atoms with E-state index in [1.165, 1.54) is 11.8 Å². The second-order valence-electron chi connectivity index (χ2n) is 6.44. The zero-order valence-corrected chi connectivity index (χ0v) is 14.6. The number of hydrogen-bond acceptors (Lipinski definition) is 4. The zero-order valence-electron chi connectivity index (χ0n) is 13.8. The standard InChI is InChI=1S/C18H21NO3S/c1-11-14(23-10-12-7-5-6-8-19-12)9-13(18(2,3)4)16(20)15(11)17(21)22/h5-9,20H,10H2,1-4H3,(H,21,22). The summed E-state index contributed by atoms with van der Waals surface area (Å²) in [7, 11) is 0. The monoisotopic (exact) mass is 331 g/mol. The SMILES string of the molecule is Cc1c(SCc2ccccn2)cc(C(C)(C)C)c(O)c1C(=O)O. The molecule has 0 aliphatic heterocycles. The van der Waals surface area contributed by atoms with E-state index in [-0.39, 0.29) is 16.7 Å². The maximum atomic E-state index is 11.6. The number of nitrogens with zero attached hydrogens (tertiary/aromatic N) is 1. The summed E-state index contributed by atoms with van der Waals surface area (Å²) in [6.07, 6.45) is 1.74. The van der Waals surface area contributed by atoms with Gasteiger partial charge in [-0.3, -0.25) is 4.98 Å². The first-order valence-corrected chi connectivity index (χ1v) is 8.33. The summed E-state index contributed by atoms with van der Waals surface area (Å²) >= 11 is 1.53. The van der Waals surface area contributed by atoms with Crippen LogP contribution in [-0.4, -0.2) is 21.2 Å². The summed E-state index contributed by atoms with van der Waals surface area (Å²) in [5.41, 5.74) is 1.80. The zero-order chi connectivity index (χ0) is 17.2. The molecule has 0 amide bonds. The van der Waals surface area contributed by atoms with Gasteiger partial charge in [0.1, 0.15) is 11.3 Å². The smallest absolute Gasteiger partial charge is 0.339 e. The highest BCUT2D eigenvalue weighted by molar-refractivity contribution is 7.98. The molecule has 2 rings (SSSR count). The number of benzene rings is 1. The van der Waals surface area contributed by atoms with E-state index >= 15 is 0 Å². The number of aromatic hydroxyl groups is 1. The Morgan fingerprint density at radius 2 is 2.00 bits per heavy atom. The van der Waals surface area contributed by atoms with Crippen molar-refractivity contribution in [3.05, 3.63) is 52.8 Å². The average Bonchev–Trinajstić information content (AvgIpc) is 2.46. The third-order valence-corrected chi connectivity index (χ3v) is 4.81. The molecule has 0 radical (unpaired) electrons. The molecular formula is C18H21NO3S. The fourth-order valence-corrected chi connectivity index (χ4v) is 3.36. The van der Waals surface area contributed by atoms with Gasteiger partial charge in [0.05, 0.1) is 5.69 Å². The number of carboxylic acids is 1. The highest BCUT2D eigenvalue weighted by atomic mass is 32.2. The number of carboxylic acid groups (broad SMARTS) is 1. The third-order valence-electron chi connectivity index (χ3n) is 3.64. The van der Waals surface area contributed by atoms with Gasteiger partial charge in [-0.1, -0.05) is 26.8 Å². The van der Waals surface area contributed by atoms with Crippen molar-refractivity contribution in [1.29, 1.82) is 0 Å². The van der Waals surface area contributed by atoms with Gasteiger partial charge in [-0.25, -0.2) is 4.79 Å². The fourth-order valence-electron chi connectivity index (χ4n) is 2.36. The lowest BCUT2D eigenvalue weighted by atomic mass is 9.84. The Morgan fingerprint density at radius 1 is 1.30 bits per heavy atom. The normalized spacial score (nSPS) is 11.5. The van der Waals surface area contributed by atoms with Crippen LogP contribution in [0.2, 0.25) is 0 Å². The molecule has 0 aliphatic carbocycles. The van der Waals surface area contributed by atoms with Crippen molar-refractivity contribution in [1.82, 2.24) is 4.98 Å². The number of rotatable bonds is 4. The minimum Gasteiger partial charge on any atom is -0.507 e. The van der Waals surface area contributed by atoms with E-state index in [0.717, 1.165) is 10.6 Å². The number of thioether (sulfide) groups is 1. The van der Waals surface area contributed by atoms with E-state index < -0.39 is 5.97 Å². The number of pyridine rings is 1. The van der Waals surface area contributed by atoms with Crippen molar-refractivity contribution < 1.29 is 15.0 Å². The highest BCUT2D eigenvalue weighted by Crippen LogP contribution is 2.40. The van der Waals surface area contributed by atoms with E-state index in [1.54, 1.807) is 13.1 Å². The van der Waals surface area contributed by atoms with Gasteiger partial charge in [0.15, 0.2) is 0 Å². The first kappa shape index (κ1) is 17.3. The van der Waals surface area contributed by atoms with E-state index in [2.05, 4.69) is 4.98 Å². The predicted octanol–water partition coefficient (Wildman–Crippen LogP) is 4.38. The van der Waals surface area contributed by atoms with Crippen molar-refractivity contribution in [2.24, 2.45) is 0 Å². The molecule has 2 aromatic rings. The lowest BCUT2D eigenvalue weighted by molar-refractivity contribution is 0.0692. The number of aromatic nitrogens is 1. The van der Waals surface area contributed by atoms with E-state index in [1.807, 2.05) is 45.0 Å². The topological polar surface area (TPSA) is 70.4 Å². The van der Waals surface area contributed by atoms with Crippen LogP contribution in [0.3, 0.4) is 0 Å². The molecule has 0 saturated carbocycles. The minimum atomic E-state index is -1.11. The Morgan fingerprint density at radius 3 is 2.52 bits per heavy atom. The van der Waals surface area contributed by atoms with Crippen LogP contribution < -0.4 is 0 Å². The summed E-state index contributed by atoms with van der Waals surface area (Å²) in [5, 5.41) is 19.8. The van der Waals surface area contributed by atoms with Crippen LogP contribution in [0.1, 0.15) is 48.0 Å². The van der Waals surface area contributed by atoms with E-state index in [4.69, 9.17) is 0 Å². The third kappa shape index (κ3) is 3.85. The molecule has 0 aliphatic rings. The molecule has 122 valence electrons. The van der Waals surface area contributed by atoms with Gasteiger partial charge in [-0.15, -0.1) is 11.8 Å². The predicted molar refractivity (Wildman–Crippen MR) is 92.3 cm³/mol. The van der Waals surface area contributed by atoms with Crippen molar-refractivity contribution >= 4 is 17.7 Å². The molecule has 0 bridgehead atoms. The number of aromatic carboxylic acids is 1. The second-order valence-corrected chi connectivity index (χ2v) is 7.45. The molecule has 0 saturated heterocycles. The van der Waals surface area contributed by atoms with Crippen LogP contribution in [0.25, 0.3) is 0 Å². The van der Waals surface area contributed by atoms with Gasteiger partial charge in [0.2, 0.25) is 0 Å². The van der Waals surface area contributed by atoms with Crippen LogP contribution in [0.5, 0.6) is 5.75 Å². The lowest BCUT2D eigenvalue weighted by Gasteiger charge is -2.24. The Labute approximate surface area is 140 Å². The van der Waals surface area contributed by atoms with E-state index in [9.17, 15) is 15.0 Å². The molecule has 0 fully saturated rings. The summed E-state index contributed by atoms with van der Waals surface area (Å²) in [5.74, 6) is -0.592. The molecule has 5 heteroatoms. The maximum Gasteiger partial charge on any atom is 0.339 e. The summed E-state index contributed by atoms with van der Waals surface area (Å²) in [6.45, 7) is 7.60. The molecule has 4 nitrogen and oxygen atoms in total. The van der Waals surface area contributed by atoms with Gasteiger partial charge in [-0.05, 0) is 36.1 Å². The van der Waals surface area contributed by atoms with Gasteiger partial charge in [0.25, 0.3) is 0 Å². The van der Waals surface area contributed by atoms with Crippen LogP contribution in [-0.2, 0) is 11.2 Å². The average molecular weight is 331 g/mol. The molecule has 0 spiro atoms. The first-order valence-electron chi connectivity index (χ1n) is 7.35. The Balaban J connectivity index is 2.46. The van der Waals surface area contributed by atoms with Gasteiger partial charge in [0, 0.05) is 22.4 Å². The van der Waals surface area contributed by atoms with Gasteiger partial charge >= 0.3 is 5.97 Å². The first-order chi connectivity index (χ1) is 10.7.